The van der Waals surface area contributed by atoms with Crippen molar-refractivity contribution >= 4 is 29.7 Å². The maximum Gasteiger partial charge on any atom is 0.263 e. The third kappa shape index (κ3) is 4.65. The number of rotatable bonds is 6. The quantitative estimate of drug-likeness (QED) is 0.828. The third-order valence-electron chi connectivity index (χ3n) is 4.09. The smallest absolute Gasteiger partial charge is 0.263 e. The van der Waals surface area contributed by atoms with Crippen LogP contribution in [0.1, 0.15) is 40.1 Å². The largest absolute Gasteiger partial charge is 0.384 e. The molecule has 1 fully saturated rings. The Labute approximate surface area is 142 Å². The molecule has 0 aromatic carbocycles. The van der Waals surface area contributed by atoms with Crippen LogP contribution in [0.15, 0.2) is 0 Å². The number of piperidine rings is 1. The van der Waals surface area contributed by atoms with E-state index in [-0.39, 0.29) is 23.7 Å². The summed E-state index contributed by atoms with van der Waals surface area (Å²) in [5.41, 5.74) is 0.891. The number of hydrogen-bond donors (Lipinski definition) is 2. The van der Waals surface area contributed by atoms with Gasteiger partial charge in [-0.05, 0) is 39.3 Å². The number of hydrogen-bond acceptors (Lipinski definition) is 5. The van der Waals surface area contributed by atoms with Gasteiger partial charge in [0.2, 0.25) is 0 Å². The fraction of sp³-hybridized carbons (Fsp3) is 0.733. The van der Waals surface area contributed by atoms with Crippen molar-refractivity contribution in [2.24, 2.45) is 5.41 Å². The minimum absolute atomic E-state index is 0. The van der Waals surface area contributed by atoms with Gasteiger partial charge in [0.25, 0.3) is 5.91 Å². The summed E-state index contributed by atoms with van der Waals surface area (Å²) in [5, 5.41) is 7.48. The first-order chi connectivity index (χ1) is 10.1. The number of nitrogens with zero attached hydrogens (tertiary/aromatic N) is 1. The van der Waals surface area contributed by atoms with Gasteiger partial charge < -0.3 is 15.4 Å². The Bertz CT molecular complexity index is 482. The Morgan fingerprint density at radius 1 is 1.45 bits per heavy atom. The van der Waals surface area contributed by atoms with Gasteiger partial charge >= 0.3 is 0 Å². The normalized spacial score (nSPS) is 16.9. The van der Waals surface area contributed by atoms with E-state index in [1.807, 2.05) is 6.92 Å². The van der Waals surface area contributed by atoms with Crippen molar-refractivity contribution in [2.45, 2.75) is 33.1 Å². The minimum atomic E-state index is -0.00119. The molecule has 1 amide bonds. The maximum atomic E-state index is 12.4. The Kier molecular flexibility index (Phi) is 7.76. The zero-order valence-corrected chi connectivity index (χ0v) is 15.2. The van der Waals surface area contributed by atoms with E-state index in [4.69, 9.17) is 4.74 Å². The van der Waals surface area contributed by atoms with E-state index < -0.39 is 0 Å². The lowest BCUT2D eigenvalue weighted by atomic mass is 9.79. The standard InChI is InChI=1S/C15H25N3O2S.ClH/c1-4-12-18-11(2)13(21-12)14(19)17-9-15(10-20-3)5-7-16-8-6-15;/h16H,4-10H2,1-3H3,(H,17,19);1H. The molecule has 0 saturated carbocycles. The highest BCUT2D eigenvalue weighted by Gasteiger charge is 2.32. The van der Waals surface area contributed by atoms with Crippen LogP contribution in [0.25, 0.3) is 0 Å². The first-order valence-electron chi connectivity index (χ1n) is 7.54. The van der Waals surface area contributed by atoms with Gasteiger partial charge in [-0.3, -0.25) is 4.79 Å². The highest BCUT2D eigenvalue weighted by atomic mass is 35.5. The zero-order valence-electron chi connectivity index (χ0n) is 13.5. The molecule has 2 rings (SSSR count). The van der Waals surface area contributed by atoms with Crippen LogP contribution in [-0.4, -0.2) is 44.2 Å². The molecule has 1 aromatic heterocycles. The molecule has 2 heterocycles. The highest BCUT2D eigenvalue weighted by Crippen LogP contribution is 2.28. The lowest BCUT2D eigenvalue weighted by Gasteiger charge is -2.37. The van der Waals surface area contributed by atoms with E-state index in [1.54, 1.807) is 7.11 Å². The van der Waals surface area contributed by atoms with E-state index in [2.05, 4.69) is 22.5 Å². The molecule has 2 N–H and O–H groups in total. The second kappa shape index (κ2) is 8.82. The number of halogens is 1. The summed E-state index contributed by atoms with van der Waals surface area (Å²) in [4.78, 5) is 17.6. The van der Waals surface area contributed by atoms with E-state index in [9.17, 15) is 4.79 Å². The molecule has 1 aromatic rings. The lowest BCUT2D eigenvalue weighted by molar-refractivity contribution is 0.0512. The van der Waals surface area contributed by atoms with Gasteiger partial charge in [0, 0.05) is 19.1 Å². The summed E-state index contributed by atoms with van der Waals surface area (Å²) in [6, 6.07) is 0. The second-order valence-electron chi connectivity index (χ2n) is 5.74. The molecule has 1 saturated heterocycles. The maximum absolute atomic E-state index is 12.4. The van der Waals surface area contributed by atoms with Gasteiger partial charge in [-0.2, -0.15) is 0 Å². The molecule has 0 unspecified atom stereocenters. The number of ether oxygens (including phenoxy) is 1. The summed E-state index contributed by atoms with van der Waals surface area (Å²) in [7, 11) is 1.73. The first kappa shape index (κ1) is 19.4. The Balaban J connectivity index is 0.00000242. The van der Waals surface area contributed by atoms with Crippen molar-refractivity contribution in [2.75, 3.05) is 33.4 Å². The van der Waals surface area contributed by atoms with E-state index in [1.165, 1.54) is 11.3 Å². The van der Waals surface area contributed by atoms with Crippen LogP contribution in [0.3, 0.4) is 0 Å². The van der Waals surface area contributed by atoms with Crippen LogP contribution in [0, 0.1) is 12.3 Å². The van der Waals surface area contributed by atoms with Gasteiger partial charge in [0.15, 0.2) is 0 Å². The summed E-state index contributed by atoms with van der Waals surface area (Å²) in [6.45, 7) is 7.29. The molecule has 1 aliphatic heterocycles. The second-order valence-corrected chi connectivity index (χ2v) is 6.83. The van der Waals surface area contributed by atoms with Crippen LogP contribution < -0.4 is 10.6 Å². The van der Waals surface area contributed by atoms with Crippen molar-refractivity contribution in [3.05, 3.63) is 15.6 Å². The van der Waals surface area contributed by atoms with Crippen molar-refractivity contribution < 1.29 is 9.53 Å². The number of nitrogens with one attached hydrogen (secondary N) is 2. The number of aryl methyl sites for hydroxylation is 2. The van der Waals surface area contributed by atoms with Crippen LogP contribution >= 0.6 is 23.7 Å². The Morgan fingerprint density at radius 2 is 2.14 bits per heavy atom. The number of carbonyl (C=O) groups is 1. The predicted octanol–water partition coefficient (Wildman–Crippen LogP) is 2.18. The van der Waals surface area contributed by atoms with E-state index in [0.717, 1.165) is 47.9 Å². The molecule has 22 heavy (non-hydrogen) atoms. The minimum Gasteiger partial charge on any atom is -0.384 e. The Hall–Kier alpha value is -0.690. The molecule has 126 valence electrons. The third-order valence-corrected chi connectivity index (χ3v) is 5.39. The summed E-state index contributed by atoms with van der Waals surface area (Å²) >= 11 is 1.50. The fourth-order valence-electron chi connectivity index (χ4n) is 2.80. The molecule has 0 bridgehead atoms. The van der Waals surface area contributed by atoms with E-state index in [0.29, 0.717) is 13.2 Å². The molecular formula is C15H26ClN3O2S. The van der Waals surface area contributed by atoms with Crippen LogP contribution in [-0.2, 0) is 11.2 Å². The monoisotopic (exact) mass is 347 g/mol. The molecule has 5 nitrogen and oxygen atoms in total. The fourth-order valence-corrected chi connectivity index (χ4v) is 3.72. The summed E-state index contributed by atoms with van der Waals surface area (Å²) in [6.07, 6.45) is 2.93. The molecule has 0 radical (unpaired) electrons. The van der Waals surface area contributed by atoms with Crippen molar-refractivity contribution in [3.8, 4) is 0 Å². The van der Waals surface area contributed by atoms with Gasteiger partial charge in [-0.15, -0.1) is 23.7 Å². The predicted molar refractivity (Wildman–Crippen MR) is 92.2 cm³/mol. The Morgan fingerprint density at radius 3 is 2.68 bits per heavy atom. The first-order valence-corrected chi connectivity index (χ1v) is 8.36. The SMILES string of the molecule is CCc1nc(C)c(C(=O)NCC2(COC)CCNCC2)s1.Cl. The number of amides is 1. The van der Waals surface area contributed by atoms with Crippen molar-refractivity contribution in [1.29, 1.82) is 0 Å². The average molecular weight is 348 g/mol. The van der Waals surface area contributed by atoms with Crippen LogP contribution in [0.5, 0.6) is 0 Å². The average Bonchev–Trinajstić information content (AvgIpc) is 2.87. The van der Waals surface area contributed by atoms with E-state index >= 15 is 0 Å². The van der Waals surface area contributed by atoms with Gasteiger partial charge in [0.05, 0.1) is 17.3 Å². The van der Waals surface area contributed by atoms with Crippen LogP contribution in [0.2, 0.25) is 0 Å². The number of methoxy groups -OCH3 is 1. The number of thiazole rings is 1. The van der Waals surface area contributed by atoms with Crippen molar-refractivity contribution in [3.63, 3.8) is 0 Å². The molecular weight excluding hydrogens is 322 g/mol. The number of aromatic nitrogens is 1. The van der Waals surface area contributed by atoms with Crippen LogP contribution in [0.4, 0.5) is 0 Å². The van der Waals surface area contributed by atoms with Gasteiger partial charge in [-0.1, -0.05) is 6.92 Å². The topological polar surface area (TPSA) is 63.2 Å². The van der Waals surface area contributed by atoms with Crippen molar-refractivity contribution in [1.82, 2.24) is 15.6 Å². The van der Waals surface area contributed by atoms with Gasteiger partial charge in [-0.25, -0.2) is 4.98 Å². The molecule has 1 aliphatic rings. The highest BCUT2D eigenvalue weighted by molar-refractivity contribution is 7.13. The zero-order chi connectivity index (χ0) is 15.3. The molecule has 0 spiro atoms. The summed E-state index contributed by atoms with van der Waals surface area (Å²) in [5.74, 6) is -0.00119. The summed E-state index contributed by atoms with van der Waals surface area (Å²) < 4.78 is 5.38. The molecule has 7 heteroatoms. The molecule has 0 aliphatic carbocycles. The molecule has 0 atom stereocenters. The van der Waals surface area contributed by atoms with Gasteiger partial charge in [0.1, 0.15) is 4.88 Å². The number of carbonyl (C=O) groups excluding carboxylic acids is 1. The lowest BCUT2D eigenvalue weighted by Crippen LogP contribution is -2.47.